The Morgan fingerprint density at radius 1 is 1.15 bits per heavy atom. The first-order chi connectivity index (χ1) is 13.1. The van der Waals surface area contributed by atoms with Gasteiger partial charge in [0.05, 0.1) is 12.4 Å². The molecule has 0 aromatic carbocycles. The molecular formula is C20H35NO5S. The number of carbonyl (C=O) groups is 3. The van der Waals surface area contributed by atoms with E-state index >= 15 is 0 Å². The predicted molar refractivity (Wildman–Crippen MR) is 108 cm³/mol. The number of ether oxygens (including phenoxy) is 2. The van der Waals surface area contributed by atoms with E-state index in [-0.39, 0.29) is 17.3 Å². The molecule has 0 amide bonds. The number of rotatable bonds is 15. The number of ketones is 1. The first-order valence-corrected chi connectivity index (χ1v) is 11.3. The van der Waals surface area contributed by atoms with Gasteiger partial charge in [-0.3, -0.25) is 9.59 Å². The van der Waals surface area contributed by atoms with E-state index in [0.29, 0.717) is 50.6 Å². The summed E-state index contributed by atoms with van der Waals surface area (Å²) in [6.45, 7) is 5.06. The van der Waals surface area contributed by atoms with Gasteiger partial charge in [0.1, 0.15) is 23.5 Å². The molecule has 0 spiro atoms. The summed E-state index contributed by atoms with van der Waals surface area (Å²) >= 11 is 1.44. The van der Waals surface area contributed by atoms with Crippen molar-refractivity contribution in [3.05, 3.63) is 0 Å². The zero-order valence-corrected chi connectivity index (χ0v) is 17.6. The Labute approximate surface area is 167 Å². The van der Waals surface area contributed by atoms with E-state index in [1.54, 1.807) is 6.92 Å². The Morgan fingerprint density at radius 2 is 1.89 bits per heavy atom. The SMILES string of the molecule is CCOC(=O)C(CCC(OCC)SCC=O)NCCC(=O)C1CCCCC1. The van der Waals surface area contributed by atoms with E-state index in [4.69, 9.17) is 9.47 Å². The Balaban J connectivity index is 2.46. The molecule has 7 heteroatoms. The molecule has 2 atom stereocenters. The minimum atomic E-state index is -0.455. The largest absolute Gasteiger partial charge is 0.465 e. The number of aldehydes is 1. The van der Waals surface area contributed by atoms with Crippen molar-refractivity contribution in [2.45, 2.75) is 76.7 Å². The second-order valence-corrected chi connectivity index (χ2v) is 7.96. The van der Waals surface area contributed by atoms with Gasteiger partial charge in [0.15, 0.2) is 0 Å². The van der Waals surface area contributed by atoms with Crippen molar-refractivity contribution in [2.24, 2.45) is 5.92 Å². The monoisotopic (exact) mass is 401 g/mol. The summed E-state index contributed by atoms with van der Waals surface area (Å²) in [6.07, 6.45) is 8.03. The van der Waals surface area contributed by atoms with Crippen LogP contribution in [0.15, 0.2) is 0 Å². The molecule has 1 aliphatic rings. The fourth-order valence-electron chi connectivity index (χ4n) is 3.39. The highest BCUT2D eigenvalue weighted by atomic mass is 32.2. The van der Waals surface area contributed by atoms with Crippen LogP contribution in [0.2, 0.25) is 0 Å². The van der Waals surface area contributed by atoms with Gasteiger partial charge in [-0.1, -0.05) is 19.3 Å². The summed E-state index contributed by atoms with van der Waals surface area (Å²) in [5.74, 6) is 0.582. The molecule has 0 radical (unpaired) electrons. The van der Waals surface area contributed by atoms with Crippen LogP contribution in [0.1, 0.15) is 65.2 Å². The van der Waals surface area contributed by atoms with Crippen molar-refractivity contribution in [3.63, 3.8) is 0 Å². The van der Waals surface area contributed by atoms with Crippen LogP contribution in [0.4, 0.5) is 0 Å². The molecule has 0 aromatic rings. The molecule has 1 fully saturated rings. The number of nitrogens with one attached hydrogen (secondary N) is 1. The van der Waals surface area contributed by atoms with Gasteiger partial charge in [0.25, 0.3) is 0 Å². The highest BCUT2D eigenvalue weighted by Gasteiger charge is 2.24. The maximum absolute atomic E-state index is 12.3. The molecule has 2 unspecified atom stereocenters. The van der Waals surface area contributed by atoms with Crippen LogP contribution in [0.25, 0.3) is 0 Å². The third-order valence-corrected chi connectivity index (χ3v) is 5.86. The fourth-order valence-corrected chi connectivity index (χ4v) is 4.22. The third kappa shape index (κ3) is 10.3. The molecule has 0 aliphatic heterocycles. The van der Waals surface area contributed by atoms with E-state index in [1.807, 2.05) is 6.92 Å². The van der Waals surface area contributed by atoms with Crippen LogP contribution in [-0.2, 0) is 23.9 Å². The number of hydrogen-bond acceptors (Lipinski definition) is 7. The first kappa shape index (κ1) is 24.1. The Morgan fingerprint density at radius 3 is 2.52 bits per heavy atom. The van der Waals surface area contributed by atoms with Gasteiger partial charge in [0, 0.05) is 25.5 Å². The quantitative estimate of drug-likeness (QED) is 0.256. The molecule has 0 heterocycles. The number of carbonyl (C=O) groups excluding carboxylic acids is 3. The minimum Gasteiger partial charge on any atom is -0.465 e. The molecule has 1 saturated carbocycles. The van der Waals surface area contributed by atoms with E-state index < -0.39 is 6.04 Å². The second kappa shape index (κ2) is 15.1. The van der Waals surface area contributed by atoms with Crippen LogP contribution in [-0.4, -0.2) is 55.0 Å². The fraction of sp³-hybridized carbons (Fsp3) is 0.850. The number of hydrogen-bond donors (Lipinski definition) is 1. The maximum Gasteiger partial charge on any atom is 0.323 e. The molecule has 6 nitrogen and oxygen atoms in total. The van der Waals surface area contributed by atoms with Crippen molar-refractivity contribution in [1.29, 1.82) is 0 Å². The van der Waals surface area contributed by atoms with Crippen LogP contribution >= 0.6 is 11.8 Å². The van der Waals surface area contributed by atoms with Crippen LogP contribution < -0.4 is 5.32 Å². The first-order valence-electron chi connectivity index (χ1n) is 10.2. The number of esters is 1. The van der Waals surface area contributed by atoms with Crippen molar-refractivity contribution in [3.8, 4) is 0 Å². The lowest BCUT2D eigenvalue weighted by Gasteiger charge is -2.22. The van der Waals surface area contributed by atoms with Crippen molar-refractivity contribution in [2.75, 3.05) is 25.5 Å². The molecular weight excluding hydrogens is 366 g/mol. The summed E-state index contributed by atoms with van der Waals surface area (Å²) in [5.41, 5.74) is -0.122. The molecule has 0 aromatic heterocycles. The number of Topliss-reactive ketones (excluding diaryl/α,β-unsaturated/α-hetero) is 1. The minimum absolute atomic E-state index is 0.122. The molecule has 156 valence electrons. The van der Waals surface area contributed by atoms with Gasteiger partial charge in [-0.2, -0.15) is 0 Å². The van der Waals surface area contributed by atoms with Gasteiger partial charge in [-0.15, -0.1) is 11.8 Å². The Bertz CT molecular complexity index is 440. The van der Waals surface area contributed by atoms with Gasteiger partial charge in [0.2, 0.25) is 0 Å². The standard InChI is InChI=1S/C20H35NO5S/c1-3-25-19(27-15-14-22)11-10-17(20(24)26-4-2)21-13-12-18(23)16-8-6-5-7-9-16/h14,16-17,19,21H,3-13,15H2,1-2H3. The summed E-state index contributed by atoms with van der Waals surface area (Å²) in [4.78, 5) is 35.1. The topological polar surface area (TPSA) is 81.7 Å². The van der Waals surface area contributed by atoms with Gasteiger partial charge in [-0.25, -0.2) is 0 Å². The lowest BCUT2D eigenvalue weighted by molar-refractivity contribution is -0.146. The van der Waals surface area contributed by atoms with E-state index in [1.165, 1.54) is 18.2 Å². The Kier molecular flexibility index (Phi) is 13.4. The maximum atomic E-state index is 12.3. The second-order valence-electron chi connectivity index (χ2n) is 6.77. The third-order valence-electron chi connectivity index (χ3n) is 4.79. The molecule has 1 rings (SSSR count). The highest BCUT2D eigenvalue weighted by Crippen LogP contribution is 2.25. The van der Waals surface area contributed by atoms with Gasteiger partial charge >= 0.3 is 5.97 Å². The normalized spacial score (nSPS) is 17.3. The smallest absolute Gasteiger partial charge is 0.323 e. The summed E-state index contributed by atoms with van der Waals surface area (Å²) < 4.78 is 10.8. The van der Waals surface area contributed by atoms with Crippen LogP contribution in [0, 0.1) is 5.92 Å². The molecule has 0 saturated heterocycles. The van der Waals surface area contributed by atoms with E-state index in [2.05, 4.69) is 5.32 Å². The average Bonchev–Trinajstić information content (AvgIpc) is 2.69. The van der Waals surface area contributed by atoms with Gasteiger partial charge in [-0.05, 0) is 39.5 Å². The molecule has 0 bridgehead atoms. The predicted octanol–water partition coefficient (Wildman–Crippen LogP) is 3.12. The van der Waals surface area contributed by atoms with Crippen molar-refractivity contribution in [1.82, 2.24) is 5.32 Å². The lowest BCUT2D eigenvalue weighted by Crippen LogP contribution is -2.40. The molecule has 1 N–H and O–H groups in total. The van der Waals surface area contributed by atoms with Crippen molar-refractivity contribution >= 4 is 29.8 Å². The molecule has 27 heavy (non-hydrogen) atoms. The van der Waals surface area contributed by atoms with Crippen molar-refractivity contribution < 1.29 is 23.9 Å². The summed E-state index contributed by atoms with van der Waals surface area (Å²) in [6, 6.07) is -0.455. The zero-order valence-electron chi connectivity index (χ0n) is 16.7. The van der Waals surface area contributed by atoms with Crippen LogP contribution in [0.5, 0.6) is 0 Å². The lowest BCUT2D eigenvalue weighted by atomic mass is 9.85. The van der Waals surface area contributed by atoms with Gasteiger partial charge < -0.3 is 19.6 Å². The van der Waals surface area contributed by atoms with E-state index in [9.17, 15) is 14.4 Å². The average molecular weight is 402 g/mol. The van der Waals surface area contributed by atoms with Crippen LogP contribution in [0.3, 0.4) is 0 Å². The summed E-state index contributed by atoms with van der Waals surface area (Å²) in [5, 5.41) is 3.20. The highest BCUT2D eigenvalue weighted by molar-refractivity contribution is 8.00. The zero-order chi connectivity index (χ0) is 19.9. The summed E-state index contributed by atoms with van der Waals surface area (Å²) in [7, 11) is 0. The number of thioether (sulfide) groups is 1. The van der Waals surface area contributed by atoms with E-state index in [0.717, 1.165) is 32.0 Å². The Hall–Kier alpha value is -0.920. The molecule has 1 aliphatic carbocycles.